The van der Waals surface area contributed by atoms with E-state index in [0.717, 1.165) is 11.8 Å². The van der Waals surface area contributed by atoms with Crippen molar-refractivity contribution >= 4 is 0 Å². The van der Waals surface area contributed by atoms with E-state index in [-0.39, 0.29) is 0 Å². The van der Waals surface area contributed by atoms with Crippen LogP contribution in [0.3, 0.4) is 0 Å². The molecule has 2 rings (SSSR count). The van der Waals surface area contributed by atoms with Crippen LogP contribution >= 0.6 is 0 Å². The molecule has 0 heteroatoms. The zero-order valence-corrected chi connectivity index (χ0v) is 12.5. The zero-order chi connectivity index (χ0) is 12.5. The van der Waals surface area contributed by atoms with Gasteiger partial charge in [-0.2, -0.15) is 0 Å². The van der Waals surface area contributed by atoms with Gasteiger partial charge >= 0.3 is 0 Å². The summed E-state index contributed by atoms with van der Waals surface area (Å²) in [7, 11) is 0. The van der Waals surface area contributed by atoms with E-state index in [2.05, 4.69) is 27.7 Å². The molecule has 0 aliphatic heterocycles. The summed E-state index contributed by atoms with van der Waals surface area (Å²) in [6.07, 6.45) is 13.3. The molecule has 0 nitrogen and oxygen atoms in total. The maximum Gasteiger partial charge on any atom is -0.0218 e. The third-order valence-electron chi connectivity index (χ3n) is 6.92. The molecule has 100 valence electrons. The van der Waals surface area contributed by atoms with E-state index in [4.69, 9.17) is 0 Å². The molecule has 0 saturated heterocycles. The Morgan fingerprint density at radius 1 is 0.941 bits per heavy atom. The Morgan fingerprint density at radius 2 is 1.59 bits per heavy atom. The standard InChI is InChI=1S/C17H32/c1-5-16(3)13-9-10-14(2)17(16,4)15-11-7-6-8-12-15/h14-15H,5-13H2,1-4H3. The van der Waals surface area contributed by atoms with E-state index in [1.54, 1.807) is 0 Å². The summed E-state index contributed by atoms with van der Waals surface area (Å²) in [4.78, 5) is 0. The molecular weight excluding hydrogens is 204 g/mol. The minimum Gasteiger partial charge on any atom is -0.0648 e. The maximum atomic E-state index is 2.65. The third-order valence-corrected chi connectivity index (χ3v) is 6.92. The van der Waals surface area contributed by atoms with Crippen molar-refractivity contribution in [1.82, 2.24) is 0 Å². The SMILES string of the molecule is CCC1(C)CCCC(C)C1(C)C1CCCCC1. The van der Waals surface area contributed by atoms with Gasteiger partial charge in [-0.3, -0.25) is 0 Å². The van der Waals surface area contributed by atoms with Crippen molar-refractivity contribution in [3.05, 3.63) is 0 Å². The summed E-state index contributed by atoms with van der Waals surface area (Å²) in [6.45, 7) is 10.2. The van der Waals surface area contributed by atoms with Crippen molar-refractivity contribution in [3.63, 3.8) is 0 Å². The van der Waals surface area contributed by atoms with E-state index in [0.29, 0.717) is 10.8 Å². The van der Waals surface area contributed by atoms with E-state index in [1.165, 1.54) is 57.8 Å². The summed E-state index contributed by atoms with van der Waals surface area (Å²) in [6, 6.07) is 0. The smallest absolute Gasteiger partial charge is 0.0218 e. The van der Waals surface area contributed by atoms with Crippen LogP contribution < -0.4 is 0 Å². The Hall–Kier alpha value is 0. The van der Waals surface area contributed by atoms with Crippen molar-refractivity contribution in [2.45, 2.75) is 85.5 Å². The molecule has 0 bridgehead atoms. The first kappa shape index (κ1) is 13.4. The summed E-state index contributed by atoms with van der Waals surface area (Å²) in [5.41, 5.74) is 1.22. The highest BCUT2D eigenvalue weighted by Crippen LogP contribution is 2.61. The molecule has 3 atom stereocenters. The van der Waals surface area contributed by atoms with Crippen LogP contribution in [0, 0.1) is 22.7 Å². The van der Waals surface area contributed by atoms with Gasteiger partial charge in [-0.25, -0.2) is 0 Å². The summed E-state index contributed by atoms with van der Waals surface area (Å²) in [5.74, 6) is 1.95. The molecular formula is C17H32. The van der Waals surface area contributed by atoms with Crippen molar-refractivity contribution in [2.24, 2.45) is 22.7 Å². The molecule has 0 aromatic heterocycles. The van der Waals surface area contributed by atoms with Crippen LogP contribution in [0.2, 0.25) is 0 Å². The van der Waals surface area contributed by atoms with E-state index in [9.17, 15) is 0 Å². The van der Waals surface area contributed by atoms with E-state index in [1.807, 2.05) is 0 Å². The van der Waals surface area contributed by atoms with Crippen LogP contribution in [0.25, 0.3) is 0 Å². The third kappa shape index (κ3) is 2.06. The van der Waals surface area contributed by atoms with Crippen LogP contribution in [0.15, 0.2) is 0 Å². The molecule has 0 heterocycles. The summed E-state index contributed by atoms with van der Waals surface area (Å²) >= 11 is 0. The molecule has 0 radical (unpaired) electrons. The second-order valence-corrected chi connectivity index (χ2v) is 7.33. The van der Waals surface area contributed by atoms with Crippen molar-refractivity contribution < 1.29 is 0 Å². The molecule has 2 aliphatic carbocycles. The average molecular weight is 236 g/mol. The van der Waals surface area contributed by atoms with Crippen molar-refractivity contribution in [3.8, 4) is 0 Å². The lowest BCUT2D eigenvalue weighted by molar-refractivity contribution is -0.0926. The van der Waals surface area contributed by atoms with Crippen molar-refractivity contribution in [2.75, 3.05) is 0 Å². The Bertz CT molecular complexity index is 251. The first-order valence-electron chi connectivity index (χ1n) is 8.04. The van der Waals surface area contributed by atoms with Gasteiger partial charge in [0.25, 0.3) is 0 Å². The van der Waals surface area contributed by atoms with Gasteiger partial charge in [-0.05, 0) is 41.9 Å². The first-order valence-corrected chi connectivity index (χ1v) is 8.04. The van der Waals surface area contributed by atoms with Gasteiger partial charge in [0.05, 0.1) is 0 Å². The summed E-state index contributed by atoms with van der Waals surface area (Å²) < 4.78 is 0. The molecule has 2 fully saturated rings. The molecule has 0 N–H and O–H groups in total. The molecule has 0 amide bonds. The lowest BCUT2D eigenvalue weighted by Crippen LogP contribution is -2.50. The highest BCUT2D eigenvalue weighted by molar-refractivity contribution is 5.02. The zero-order valence-electron chi connectivity index (χ0n) is 12.5. The molecule has 17 heavy (non-hydrogen) atoms. The predicted molar refractivity (Wildman–Crippen MR) is 76.1 cm³/mol. The van der Waals surface area contributed by atoms with Gasteiger partial charge in [0.15, 0.2) is 0 Å². The molecule has 0 aromatic rings. The van der Waals surface area contributed by atoms with E-state index >= 15 is 0 Å². The largest absolute Gasteiger partial charge is 0.0648 e. The van der Waals surface area contributed by atoms with Crippen LogP contribution in [0.1, 0.15) is 85.5 Å². The Balaban J connectivity index is 2.27. The number of hydrogen-bond acceptors (Lipinski definition) is 0. The monoisotopic (exact) mass is 236 g/mol. The van der Waals surface area contributed by atoms with Gasteiger partial charge in [-0.1, -0.05) is 66.2 Å². The minimum absolute atomic E-state index is 0.604. The van der Waals surface area contributed by atoms with Gasteiger partial charge in [0, 0.05) is 0 Å². The lowest BCUT2D eigenvalue weighted by atomic mass is 9.46. The Labute approximate surface area is 109 Å². The highest BCUT2D eigenvalue weighted by atomic mass is 14.6. The predicted octanol–water partition coefficient (Wildman–Crippen LogP) is 5.81. The second kappa shape index (κ2) is 4.94. The Kier molecular flexibility index (Phi) is 3.90. The van der Waals surface area contributed by atoms with Crippen molar-refractivity contribution in [1.29, 1.82) is 0 Å². The molecule has 3 unspecified atom stereocenters. The average Bonchev–Trinajstić information content (AvgIpc) is 2.37. The fourth-order valence-corrected chi connectivity index (χ4v) is 5.12. The fraction of sp³-hybridized carbons (Fsp3) is 1.00. The molecule has 2 saturated carbocycles. The summed E-state index contributed by atoms with van der Waals surface area (Å²) in [5, 5.41) is 0. The maximum absolute atomic E-state index is 2.65. The molecule has 2 aliphatic rings. The topological polar surface area (TPSA) is 0 Å². The van der Waals surface area contributed by atoms with E-state index < -0.39 is 0 Å². The minimum atomic E-state index is 0.604. The van der Waals surface area contributed by atoms with Gasteiger partial charge in [0.2, 0.25) is 0 Å². The first-order chi connectivity index (χ1) is 8.04. The van der Waals surface area contributed by atoms with Crippen LogP contribution in [0.5, 0.6) is 0 Å². The van der Waals surface area contributed by atoms with Crippen LogP contribution in [-0.2, 0) is 0 Å². The number of hydrogen-bond donors (Lipinski definition) is 0. The van der Waals surface area contributed by atoms with Gasteiger partial charge < -0.3 is 0 Å². The number of rotatable bonds is 2. The van der Waals surface area contributed by atoms with Crippen LogP contribution in [-0.4, -0.2) is 0 Å². The van der Waals surface area contributed by atoms with Crippen LogP contribution in [0.4, 0.5) is 0 Å². The quantitative estimate of drug-likeness (QED) is 0.567. The highest BCUT2D eigenvalue weighted by Gasteiger charge is 2.52. The van der Waals surface area contributed by atoms with Gasteiger partial charge in [-0.15, -0.1) is 0 Å². The Morgan fingerprint density at radius 3 is 2.18 bits per heavy atom. The molecule has 0 spiro atoms. The second-order valence-electron chi connectivity index (χ2n) is 7.33. The van der Waals surface area contributed by atoms with Gasteiger partial charge in [0.1, 0.15) is 0 Å². The fourth-order valence-electron chi connectivity index (χ4n) is 5.12. The molecule has 0 aromatic carbocycles. The lowest BCUT2D eigenvalue weighted by Gasteiger charge is -2.58. The normalized spacial score (nSPS) is 44.8.